The monoisotopic (exact) mass is 151 g/mol. The predicted octanol–water partition coefficient (Wildman–Crippen LogP) is 1.10. The third-order valence-electron chi connectivity index (χ3n) is 1.49. The van der Waals surface area contributed by atoms with Crippen LogP contribution in [0, 0.1) is 0 Å². The lowest BCUT2D eigenvalue weighted by Gasteiger charge is -2.10. The summed E-state index contributed by atoms with van der Waals surface area (Å²) in [6.07, 6.45) is 4.50. The van der Waals surface area contributed by atoms with E-state index < -0.39 is 0 Å². The van der Waals surface area contributed by atoms with Gasteiger partial charge in [0.15, 0.2) is 0 Å². The van der Waals surface area contributed by atoms with E-state index in [2.05, 4.69) is 16.9 Å². The number of hydrogen-bond donors (Lipinski definition) is 0. The van der Waals surface area contributed by atoms with Crippen LogP contribution in [0.1, 0.15) is 12.6 Å². The lowest BCUT2D eigenvalue weighted by Crippen LogP contribution is -2.11. The van der Waals surface area contributed by atoms with Crippen molar-refractivity contribution in [2.24, 2.45) is 0 Å². The summed E-state index contributed by atoms with van der Waals surface area (Å²) in [5, 5.41) is 0. The van der Waals surface area contributed by atoms with E-state index in [4.69, 9.17) is 0 Å². The van der Waals surface area contributed by atoms with E-state index >= 15 is 0 Å². The molecule has 0 unspecified atom stereocenters. The molecular formula is C8H13N3. The van der Waals surface area contributed by atoms with Crippen molar-refractivity contribution in [2.45, 2.75) is 13.3 Å². The molecule has 0 aliphatic heterocycles. The second kappa shape index (κ2) is 3.32. The van der Waals surface area contributed by atoms with Crippen LogP contribution in [-0.4, -0.2) is 24.1 Å². The van der Waals surface area contributed by atoms with Gasteiger partial charge in [-0.25, -0.2) is 4.98 Å². The van der Waals surface area contributed by atoms with Gasteiger partial charge in [-0.3, -0.25) is 4.98 Å². The first kappa shape index (κ1) is 7.98. The molecule has 0 N–H and O–H groups in total. The maximum atomic E-state index is 4.35. The van der Waals surface area contributed by atoms with Gasteiger partial charge in [-0.15, -0.1) is 0 Å². The van der Waals surface area contributed by atoms with E-state index in [1.165, 1.54) is 0 Å². The summed E-state index contributed by atoms with van der Waals surface area (Å²) in [7, 11) is 3.92. The maximum absolute atomic E-state index is 4.35. The molecule has 1 aromatic heterocycles. The Kier molecular flexibility index (Phi) is 2.41. The number of rotatable bonds is 2. The standard InChI is InChI=1S/C8H13N3/c1-4-7-5-9-6-8(10-7)11(2)3/h5-6H,4H2,1-3H3. The van der Waals surface area contributed by atoms with Crippen molar-refractivity contribution in [1.29, 1.82) is 0 Å². The zero-order valence-corrected chi connectivity index (χ0v) is 7.20. The summed E-state index contributed by atoms with van der Waals surface area (Å²) in [5.74, 6) is 0.921. The molecule has 3 nitrogen and oxygen atoms in total. The Hall–Kier alpha value is -1.12. The van der Waals surface area contributed by atoms with Crippen LogP contribution in [0.5, 0.6) is 0 Å². The molecule has 0 saturated carbocycles. The van der Waals surface area contributed by atoms with Crippen molar-refractivity contribution in [3.05, 3.63) is 18.1 Å². The van der Waals surface area contributed by atoms with Gasteiger partial charge in [-0.05, 0) is 6.42 Å². The summed E-state index contributed by atoms with van der Waals surface area (Å²) >= 11 is 0. The molecule has 1 heterocycles. The summed E-state index contributed by atoms with van der Waals surface area (Å²) in [5.41, 5.74) is 1.04. The normalized spacial score (nSPS) is 9.73. The summed E-state index contributed by atoms with van der Waals surface area (Å²) in [6, 6.07) is 0. The summed E-state index contributed by atoms with van der Waals surface area (Å²) in [4.78, 5) is 10.4. The van der Waals surface area contributed by atoms with Gasteiger partial charge in [0.1, 0.15) is 5.82 Å². The zero-order chi connectivity index (χ0) is 8.27. The van der Waals surface area contributed by atoms with Crippen LogP contribution < -0.4 is 4.90 Å². The highest BCUT2D eigenvalue weighted by atomic mass is 15.1. The molecular weight excluding hydrogens is 138 g/mol. The Morgan fingerprint density at radius 1 is 1.36 bits per heavy atom. The van der Waals surface area contributed by atoms with Gasteiger partial charge >= 0.3 is 0 Å². The summed E-state index contributed by atoms with van der Waals surface area (Å²) < 4.78 is 0. The highest BCUT2D eigenvalue weighted by Crippen LogP contribution is 2.04. The molecule has 0 radical (unpaired) electrons. The molecule has 0 spiro atoms. The molecule has 11 heavy (non-hydrogen) atoms. The minimum absolute atomic E-state index is 0.921. The maximum Gasteiger partial charge on any atom is 0.146 e. The average molecular weight is 151 g/mol. The van der Waals surface area contributed by atoms with Gasteiger partial charge in [0.25, 0.3) is 0 Å². The van der Waals surface area contributed by atoms with E-state index in [0.29, 0.717) is 0 Å². The highest BCUT2D eigenvalue weighted by molar-refractivity contribution is 5.33. The minimum atomic E-state index is 0.921. The van der Waals surface area contributed by atoms with Gasteiger partial charge in [0.2, 0.25) is 0 Å². The van der Waals surface area contributed by atoms with E-state index in [0.717, 1.165) is 17.9 Å². The number of nitrogens with zero attached hydrogens (tertiary/aromatic N) is 3. The lowest BCUT2D eigenvalue weighted by atomic mass is 10.3. The zero-order valence-electron chi connectivity index (χ0n) is 7.20. The first-order valence-electron chi connectivity index (χ1n) is 3.72. The first-order chi connectivity index (χ1) is 5.24. The number of anilines is 1. The van der Waals surface area contributed by atoms with Crippen molar-refractivity contribution in [3.63, 3.8) is 0 Å². The Bertz CT molecular complexity index is 233. The van der Waals surface area contributed by atoms with E-state index in [-0.39, 0.29) is 0 Å². The fraction of sp³-hybridized carbons (Fsp3) is 0.500. The molecule has 0 amide bonds. The molecule has 0 atom stereocenters. The number of aromatic nitrogens is 2. The van der Waals surface area contributed by atoms with Crippen LogP contribution in [0.3, 0.4) is 0 Å². The minimum Gasteiger partial charge on any atom is -0.361 e. The van der Waals surface area contributed by atoms with Crippen molar-refractivity contribution < 1.29 is 0 Å². The third kappa shape index (κ3) is 1.90. The van der Waals surface area contributed by atoms with Crippen LogP contribution in [-0.2, 0) is 6.42 Å². The molecule has 3 heteroatoms. The second-order valence-corrected chi connectivity index (χ2v) is 2.62. The summed E-state index contributed by atoms with van der Waals surface area (Å²) in [6.45, 7) is 2.07. The van der Waals surface area contributed by atoms with Crippen LogP contribution in [0.4, 0.5) is 5.82 Å². The molecule has 0 fully saturated rings. The Morgan fingerprint density at radius 3 is 2.64 bits per heavy atom. The number of aryl methyl sites for hydroxylation is 1. The van der Waals surface area contributed by atoms with Crippen LogP contribution >= 0.6 is 0 Å². The van der Waals surface area contributed by atoms with Crippen LogP contribution in [0.15, 0.2) is 12.4 Å². The second-order valence-electron chi connectivity index (χ2n) is 2.62. The molecule has 60 valence electrons. The van der Waals surface area contributed by atoms with E-state index in [1.54, 1.807) is 12.4 Å². The molecule has 1 rings (SSSR count). The Labute approximate surface area is 67.1 Å². The van der Waals surface area contributed by atoms with E-state index in [9.17, 15) is 0 Å². The lowest BCUT2D eigenvalue weighted by molar-refractivity contribution is 0.958. The SMILES string of the molecule is CCc1cncc(N(C)C)n1. The van der Waals surface area contributed by atoms with Gasteiger partial charge in [-0.1, -0.05) is 6.92 Å². The van der Waals surface area contributed by atoms with Crippen molar-refractivity contribution >= 4 is 5.82 Å². The average Bonchev–Trinajstić information content (AvgIpc) is 2.05. The number of hydrogen-bond acceptors (Lipinski definition) is 3. The fourth-order valence-electron chi connectivity index (χ4n) is 0.781. The molecule has 0 bridgehead atoms. The first-order valence-corrected chi connectivity index (χ1v) is 3.72. The van der Waals surface area contributed by atoms with Crippen LogP contribution in [0.2, 0.25) is 0 Å². The molecule has 0 saturated heterocycles. The van der Waals surface area contributed by atoms with E-state index in [1.807, 2.05) is 19.0 Å². The highest BCUT2D eigenvalue weighted by Gasteiger charge is 1.97. The Balaban J connectivity index is 2.91. The Morgan fingerprint density at radius 2 is 2.09 bits per heavy atom. The molecule has 1 aromatic rings. The van der Waals surface area contributed by atoms with Gasteiger partial charge in [0.05, 0.1) is 11.9 Å². The van der Waals surface area contributed by atoms with Crippen molar-refractivity contribution in [2.75, 3.05) is 19.0 Å². The molecule has 0 aromatic carbocycles. The molecule has 0 aliphatic carbocycles. The largest absolute Gasteiger partial charge is 0.361 e. The molecule has 0 aliphatic rings. The fourth-order valence-corrected chi connectivity index (χ4v) is 0.781. The van der Waals surface area contributed by atoms with Crippen molar-refractivity contribution in [3.8, 4) is 0 Å². The third-order valence-corrected chi connectivity index (χ3v) is 1.49. The van der Waals surface area contributed by atoms with Gasteiger partial charge < -0.3 is 4.90 Å². The quantitative estimate of drug-likeness (QED) is 0.634. The van der Waals surface area contributed by atoms with Crippen LogP contribution in [0.25, 0.3) is 0 Å². The van der Waals surface area contributed by atoms with Crippen molar-refractivity contribution in [1.82, 2.24) is 9.97 Å². The predicted molar refractivity (Wildman–Crippen MR) is 45.7 cm³/mol. The topological polar surface area (TPSA) is 29.0 Å². The van der Waals surface area contributed by atoms with Gasteiger partial charge in [-0.2, -0.15) is 0 Å². The van der Waals surface area contributed by atoms with Gasteiger partial charge in [0, 0.05) is 20.3 Å². The smallest absolute Gasteiger partial charge is 0.146 e.